The molecular formula is C19H22Cl2O6S. The molecule has 2 N–H and O–H groups in total. The maximum atomic E-state index is 12.9. The molecule has 0 fully saturated rings. The molecule has 154 valence electrons. The van der Waals surface area contributed by atoms with Crippen molar-refractivity contribution in [2.75, 3.05) is 19.8 Å². The quantitative estimate of drug-likeness (QED) is 0.537. The van der Waals surface area contributed by atoms with E-state index < -0.39 is 22.5 Å². The van der Waals surface area contributed by atoms with E-state index in [1.165, 1.54) is 24.3 Å². The van der Waals surface area contributed by atoms with Crippen LogP contribution in [0.15, 0.2) is 46.2 Å². The van der Waals surface area contributed by atoms with E-state index in [0.717, 1.165) is 12.8 Å². The highest BCUT2D eigenvalue weighted by atomic mass is 35.5. The van der Waals surface area contributed by atoms with E-state index in [0.29, 0.717) is 12.4 Å². The van der Waals surface area contributed by atoms with E-state index in [-0.39, 0.29) is 32.2 Å². The summed E-state index contributed by atoms with van der Waals surface area (Å²) in [4.78, 5) is -0.0101. The fraction of sp³-hybridized carbons (Fsp3) is 0.368. The third-order valence-electron chi connectivity index (χ3n) is 3.81. The van der Waals surface area contributed by atoms with Crippen LogP contribution in [0.2, 0.25) is 10.0 Å². The Morgan fingerprint density at radius 3 is 2.18 bits per heavy atom. The highest BCUT2D eigenvalue weighted by Gasteiger charge is 2.22. The minimum atomic E-state index is -3.85. The molecule has 0 aliphatic carbocycles. The fourth-order valence-electron chi connectivity index (χ4n) is 2.25. The second-order valence-corrected chi connectivity index (χ2v) is 8.80. The Labute approximate surface area is 174 Å². The number of benzene rings is 2. The lowest BCUT2D eigenvalue weighted by Gasteiger charge is -2.14. The van der Waals surface area contributed by atoms with Crippen LogP contribution in [0.25, 0.3) is 0 Å². The highest BCUT2D eigenvalue weighted by molar-refractivity contribution is 7.91. The number of ether oxygens (including phenoxy) is 2. The van der Waals surface area contributed by atoms with Crippen molar-refractivity contribution in [1.82, 2.24) is 0 Å². The Hall–Kier alpha value is -1.51. The van der Waals surface area contributed by atoms with Gasteiger partial charge in [-0.1, -0.05) is 36.5 Å². The van der Waals surface area contributed by atoms with Crippen LogP contribution in [-0.2, 0) is 9.84 Å². The molecule has 9 heteroatoms. The lowest BCUT2D eigenvalue weighted by Crippen LogP contribution is -2.21. The summed E-state index contributed by atoms with van der Waals surface area (Å²) in [5.74, 6) is 0.629. The molecular weight excluding hydrogens is 427 g/mol. The summed E-state index contributed by atoms with van der Waals surface area (Å²) in [5.41, 5.74) is 0. The molecule has 0 saturated heterocycles. The van der Waals surface area contributed by atoms with Gasteiger partial charge in [0.1, 0.15) is 18.5 Å². The molecule has 0 aromatic heterocycles. The maximum absolute atomic E-state index is 12.9. The van der Waals surface area contributed by atoms with E-state index in [4.69, 9.17) is 37.8 Å². The minimum Gasteiger partial charge on any atom is -0.494 e. The Balaban J connectivity index is 2.23. The van der Waals surface area contributed by atoms with Crippen LogP contribution in [0, 0.1) is 0 Å². The Morgan fingerprint density at radius 2 is 1.64 bits per heavy atom. The minimum absolute atomic E-state index is 0.0178. The van der Waals surface area contributed by atoms with Crippen molar-refractivity contribution in [3.05, 3.63) is 46.4 Å². The molecule has 28 heavy (non-hydrogen) atoms. The summed E-state index contributed by atoms with van der Waals surface area (Å²) in [6.45, 7) is 1.90. The normalized spacial score (nSPS) is 12.6. The average Bonchev–Trinajstić information content (AvgIpc) is 2.67. The number of aliphatic hydroxyl groups excluding tert-OH is 2. The van der Waals surface area contributed by atoms with Crippen LogP contribution in [-0.4, -0.2) is 44.6 Å². The fourth-order valence-corrected chi connectivity index (χ4v) is 4.29. The summed E-state index contributed by atoms with van der Waals surface area (Å²) in [5, 5.41) is 18.1. The largest absolute Gasteiger partial charge is 0.494 e. The monoisotopic (exact) mass is 448 g/mol. The number of sulfone groups is 1. The van der Waals surface area contributed by atoms with Gasteiger partial charge in [0.2, 0.25) is 9.84 Å². The van der Waals surface area contributed by atoms with Gasteiger partial charge in [-0.2, -0.15) is 0 Å². The second-order valence-electron chi connectivity index (χ2n) is 6.04. The summed E-state index contributed by atoms with van der Waals surface area (Å²) >= 11 is 12.2. The van der Waals surface area contributed by atoms with Crippen LogP contribution >= 0.6 is 23.2 Å². The summed E-state index contributed by atoms with van der Waals surface area (Å²) in [7, 11) is -3.85. The lowest BCUT2D eigenvalue weighted by atomic mass is 10.3. The summed E-state index contributed by atoms with van der Waals surface area (Å²) in [6, 6.07) is 8.57. The van der Waals surface area contributed by atoms with Crippen molar-refractivity contribution in [3.63, 3.8) is 0 Å². The molecule has 2 rings (SSSR count). The topological polar surface area (TPSA) is 93.1 Å². The van der Waals surface area contributed by atoms with Crippen molar-refractivity contribution < 1.29 is 28.1 Å². The van der Waals surface area contributed by atoms with E-state index in [1.54, 1.807) is 12.1 Å². The van der Waals surface area contributed by atoms with Gasteiger partial charge < -0.3 is 19.7 Å². The molecule has 1 atom stereocenters. The zero-order valence-electron chi connectivity index (χ0n) is 15.3. The van der Waals surface area contributed by atoms with E-state index in [9.17, 15) is 13.5 Å². The maximum Gasteiger partial charge on any atom is 0.206 e. The predicted molar refractivity (Wildman–Crippen MR) is 107 cm³/mol. The SMILES string of the molecule is CCCCOc1ccc(S(=O)(=O)c2cc(Cl)c(OC[C@@H](O)CO)c(Cl)c2)cc1. The Morgan fingerprint density at radius 1 is 1.04 bits per heavy atom. The Kier molecular flexibility index (Phi) is 8.39. The number of hydrogen-bond acceptors (Lipinski definition) is 6. The molecule has 2 aromatic carbocycles. The molecule has 0 unspecified atom stereocenters. The van der Waals surface area contributed by atoms with Gasteiger partial charge >= 0.3 is 0 Å². The van der Waals surface area contributed by atoms with Gasteiger partial charge in [-0.05, 0) is 42.8 Å². The van der Waals surface area contributed by atoms with Gasteiger partial charge in [-0.25, -0.2) is 8.42 Å². The molecule has 0 amide bonds. The summed E-state index contributed by atoms with van der Waals surface area (Å²) < 4.78 is 36.5. The first-order chi connectivity index (χ1) is 13.3. The molecule has 0 aliphatic heterocycles. The van der Waals surface area contributed by atoms with Crippen LogP contribution < -0.4 is 9.47 Å². The summed E-state index contributed by atoms with van der Waals surface area (Å²) in [6.07, 6.45) is 0.821. The molecule has 0 heterocycles. The van der Waals surface area contributed by atoms with Crippen LogP contribution in [0.3, 0.4) is 0 Å². The van der Waals surface area contributed by atoms with Crippen molar-refractivity contribution in [2.45, 2.75) is 35.7 Å². The molecule has 6 nitrogen and oxygen atoms in total. The number of hydrogen-bond donors (Lipinski definition) is 2. The number of rotatable bonds is 10. The predicted octanol–water partition coefficient (Wildman–Crippen LogP) is 3.74. The van der Waals surface area contributed by atoms with Gasteiger partial charge in [0, 0.05) is 0 Å². The van der Waals surface area contributed by atoms with Crippen molar-refractivity contribution in [1.29, 1.82) is 0 Å². The Bertz CT molecular complexity index is 861. The van der Waals surface area contributed by atoms with Crippen LogP contribution in [0.4, 0.5) is 0 Å². The van der Waals surface area contributed by atoms with E-state index >= 15 is 0 Å². The van der Waals surface area contributed by atoms with Gasteiger partial charge in [-0.15, -0.1) is 0 Å². The first kappa shape index (κ1) is 22.8. The van der Waals surface area contributed by atoms with Gasteiger partial charge in [0.05, 0.1) is 33.0 Å². The molecule has 0 spiro atoms. The third kappa shape index (κ3) is 5.75. The second kappa shape index (κ2) is 10.3. The average molecular weight is 449 g/mol. The zero-order valence-corrected chi connectivity index (χ0v) is 17.6. The third-order valence-corrected chi connectivity index (χ3v) is 6.12. The molecule has 0 radical (unpaired) electrons. The van der Waals surface area contributed by atoms with E-state index in [1.807, 2.05) is 0 Å². The molecule has 0 saturated carbocycles. The van der Waals surface area contributed by atoms with Crippen LogP contribution in [0.5, 0.6) is 11.5 Å². The van der Waals surface area contributed by atoms with Crippen molar-refractivity contribution in [2.24, 2.45) is 0 Å². The smallest absolute Gasteiger partial charge is 0.206 e. The first-order valence-electron chi connectivity index (χ1n) is 8.68. The molecule has 2 aromatic rings. The zero-order chi connectivity index (χ0) is 20.7. The number of unbranched alkanes of at least 4 members (excludes halogenated alkanes) is 1. The molecule has 0 bridgehead atoms. The molecule has 0 aliphatic rings. The van der Waals surface area contributed by atoms with E-state index in [2.05, 4.69) is 6.92 Å². The highest BCUT2D eigenvalue weighted by Crippen LogP contribution is 2.37. The van der Waals surface area contributed by atoms with Crippen molar-refractivity contribution in [3.8, 4) is 11.5 Å². The van der Waals surface area contributed by atoms with Crippen LogP contribution in [0.1, 0.15) is 19.8 Å². The van der Waals surface area contributed by atoms with Crippen molar-refractivity contribution >= 4 is 33.0 Å². The van der Waals surface area contributed by atoms with Gasteiger partial charge in [-0.3, -0.25) is 0 Å². The number of halogens is 2. The van der Waals surface area contributed by atoms with Gasteiger partial charge in [0.15, 0.2) is 5.75 Å². The standard InChI is InChI=1S/C19H22Cl2O6S/c1-2-3-8-26-14-4-6-15(7-5-14)28(24,25)16-9-17(20)19(18(21)10-16)27-12-13(23)11-22/h4-7,9-10,13,22-23H,2-3,8,11-12H2,1H3/t13-/m0/s1. The lowest BCUT2D eigenvalue weighted by molar-refractivity contribution is 0.0536. The number of aliphatic hydroxyl groups is 2. The van der Waals surface area contributed by atoms with Gasteiger partial charge in [0.25, 0.3) is 0 Å². The first-order valence-corrected chi connectivity index (χ1v) is 10.9.